The average Bonchev–Trinajstić information content (AvgIpc) is 3.72. The fourth-order valence-corrected chi connectivity index (χ4v) is 6.20. The molecule has 2 aliphatic rings. The van der Waals surface area contributed by atoms with E-state index >= 15 is 0 Å². The van der Waals surface area contributed by atoms with E-state index < -0.39 is 4.92 Å². The summed E-state index contributed by atoms with van der Waals surface area (Å²) in [4.78, 5) is 17.1. The van der Waals surface area contributed by atoms with Gasteiger partial charge in [-0.05, 0) is 51.8 Å². The molecule has 0 atom stereocenters. The number of methoxy groups -OCH3 is 1. The van der Waals surface area contributed by atoms with Crippen LogP contribution in [0.5, 0.6) is 23.0 Å². The van der Waals surface area contributed by atoms with E-state index in [1.165, 1.54) is 18.1 Å². The van der Waals surface area contributed by atoms with Crippen LogP contribution in [0.2, 0.25) is 5.02 Å². The van der Waals surface area contributed by atoms with Crippen LogP contribution in [-0.4, -0.2) is 53.0 Å². The molecule has 7 rings (SSSR count). The van der Waals surface area contributed by atoms with E-state index in [0.29, 0.717) is 49.3 Å². The lowest BCUT2D eigenvalue weighted by molar-refractivity contribution is -0.686. The maximum atomic E-state index is 11.4. The Morgan fingerprint density at radius 3 is 2.76 bits per heavy atom. The van der Waals surface area contributed by atoms with Gasteiger partial charge in [0.1, 0.15) is 19.3 Å². The minimum atomic E-state index is -0.425. The van der Waals surface area contributed by atoms with Crippen molar-refractivity contribution in [2.45, 2.75) is 26.1 Å². The van der Waals surface area contributed by atoms with Gasteiger partial charge in [-0.15, -0.1) is 0 Å². The number of rotatable bonds is 11. The van der Waals surface area contributed by atoms with E-state index in [0.717, 1.165) is 52.1 Å². The highest BCUT2D eigenvalue weighted by Crippen LogP contribution is 2.41. The number of nitrogens with zero attached hydrogens (tertiary/aromatic N) is 5. The predicted molar refractivity (Wildman–Crippen MR) is 167 cm³/mol. The van der Waals surface area contributed by atoms with Crippen LogP contribution in [0.15, 0.2) is 73.3 Å². The maximum absolute atomic E-state index is 11.4. The highest BCUT2D eigenvalue weighted by Gasteiger charge is 2.29. The first-order valence-electron chi connectivity index (χ1n) is 14.7. The third-order valence-electron chi connectivity index (χ3n) is 8.34. The Hall–Kier alpha value is -4.58. The summed E-state index contributed by atoms with van der Waals surface area (Å²) in [5, 5.41) is 14.1. The van der Waals surface area contributed by atoms with Gasteiger partial charge in [0.25, 0.3) is 0 Å². The molecule has 5 aromatic rings. The van der Waals surface area contributed by atoms with Crippen LogP contribution in [-0.2, 0) is 26.1 Å². The molecule has 46 heavy (non-hydrogen) atoms. The van der Waals surface area contributed by atoms with Gasteiger partial charge in [0.05, 0.1) is 18.1 Å². The standard InChI is InChI=1S/C33H31ClN5O6.ClH/c1-42-29-7-6-22-14-28-25-16-31-30(44-21-45-31)15-23(25)8-9-37(28)19-26(22)33(29)43-13-12-36(18-24-4-2-3-5-27(24)34)10-11-38-20-35-17-32(38)39(40)41;/h2-7,14-17,19-20H,8-13,18,21H2,1H3;1H/q+1;/p-1. The van der Waals surface area contributed by atoms with Crippen molar-refractivity contribution in [3.8, 4) is 34.3 Å². The molecule has 3 aromatic carbocycles. The lowest BCUT2D eigenvalue weighted by Crippen LogP contribution is -3.00. The summed E-state index contributed by atoms with van der Waals surface area (Å²) in [6, 6.07) is 18.0. The Labute approximate surface area is 276 Å². The number of nitro groups is 1. The molecule has 2 aromatic heterocycles. The molecule has 0 unspecified atom stereocenters. The van der Waals surface area contributed by atoms with Crippen molar-refractivity contribution in [1.29, 1.82) is 0 Å². The van der Waals surface area contributed by atoms with Crippen molar-refractivity contribution in [2.24, 2.45) is 0 Å². The highest BCUT2D eigenvalue weighted by atomic mass is 35.5. The predicted octanol–water partition coefficient (Wildman–Crippen LogP) is 2.43. The molecule has 11 nitrogen and oxygen atoms in total. The van der Waals surface area contributed by atoms with Crippen LogP contribution in [0.3, 0.4) is 0 Å². The second kappa shape index (κ2) is 13.4. The number of fused-ring (bicyclic) bond motifs is 5. The van der Waals surface area contributed by atoms with Crippen LogP contribution in [0.25, 0.3) is 22.0 Å². The summed E-state index contributed by atoms with van der Waals surface area (Å²) in [5.74, 6) is 2.84. The average molecular weight is 665 g/mol. The number of pyridine rings is 1. The van der Waals surface area contributed by atoms with Crippen LogP contribution >= 0.6 is 11.6 Å². The first-order chi connectivity index (χ1) is 22.0. The molecular formula is C33H31Cl2N5O6. The number of benzene rings is 3. The fraction of sp³-hybridized carbons (Fsp3) is 0.273. The zero-order chi connectivity index (χ0) is 30.9. The normalized spacial score (nSPS) is 12.8. The smallest absolute Gasteiger partial charge is 0.342 e. The molecule has 0 saturated heterocycles. The number of hydrogen-bond acceptors (Lipinski definition) is 8. The van der Waals surface area contributed by atoms with Crippen molar-refractivity contribution in [3.63, 3.8) is 0 Å². The van der Waals surface area contributed by atoms with E-state index in [2.05, 4.69) is 38.8 Å². The van der Waals surface area contributed by atoms with Crippen LogP contribution in [0.1, 0.15) is 11.1 Å². The van der Waals surface area contributed by atoms with E-state index in [9.17, 15) is 10.1 Å². The van der Waals surface area contributed by atoms with Crippen LogP contribution in [0, 0.1) is 10.1 Å². The van der Waals surface area contributed by atoms with Gasteiger partial charge < -0.3 is 41.5 Å². The molecule has 4 heterocycles. The first-order valence-corrected chi connectivity index (χ1v) is 15.1. The largest absolute Gasteiger partial charge is 1.00 e. The van der Waals surface area contributed by atoms with Gasteiger partial charge >= 0.3 is 5.82 Å². The summed E-state index contributed by atoms with van der Waals surface area (Å²) in [5.41, 5.74) is 4.45. The van der Waals surface area contributed by atoms with E-state index in [1.807, 2.05) is 36.4 Å². The van der Waals surface area contributed by atoms with E-state index in [1.54, 1.807) is 11.7 Å². The summed E-state index contributed by atoms with van der Waals surface area (Å²) < 4.78 is 27.3. The van der Waals surface area contributed by atoms with Crippen molar-refractivity contribution >= 4 is 28.2 Å². The molecule has 0 N–H and O–H groups in total. The molecule has 0 radical (unpaired) electrons. The molecule has 13 heteroatoms. The molecule has 0 bridgehead atoms. The Kier molecular flexibility index (Phi) is 9.16. The number of ether oxygens (including phenoxy) is 4. The highest BCUT2D eigenvalue weighted by molar-refractivity contribution is 6.31. The number of aryl methyl sites for hydroxylation is 2. The van der Waals surface area contributed by atoms with Gasteiger partial charge in [-0.1, -0.05) is 29.8 Å². The molecule has 0 aliphatic carbocycles. The Balaban J connectivity index is 0.00000372. The minimum absolute atomic E-state index is 0. The first kappa shape index (κ1) is 31.4. The van der Waals surface area contributed by atoms with Gasteiger partial charge in [0.15, 0.2) is 42.1 Å². The Morgan fingerprint density at radius 2 is 1.96 bits per heavy atom. The van der Waals surface area contributed by atoms with Crippen molar-refractivity contribution in [1.82, 2.24) is 14.5 Å². The van der Waals surface area contributed by atoms with Gasteiger partial charge in [-0.2, -0.15) is 4.57 Å². The monoisotopic (exact) mass is 663 g/mol. The quantitative estimate of drug-likeness (QED) is 0.121. The molecule has 0 amide bonds. The molecule has 0 fully saturated rings. The van der Waals surface area contributed by atoms with E-state index in [4.69, 9.17) is 30.5 Å². The molecule has 0 saturated carbocycles. The topological polar surface area (TPSA) is 105 Å². The number of aromatic nitrogens is 3. The number of halogens is 2. The maximum Gasteiger partial charge on any atom is 0.342 e. The summed E-state index contributed by atoms with van der Waals surface area (Å²) >= 11 is 6.49. The SMILES string of the molecule is COc1ccc2cc3[n+](cc2c1OCCN(CCn1cncc1[N+](=O)[O-])Cc1ccccc1Cl)CCc1cc2c(cc1-3)OCO2.[Cl-]. The van der Waals surface area contributed by atoms with Gasteiger partial charge in [0.2, 0.25) is 12.5 Å². The second-order valence-electron chi connectivity index (χ2n) is 11.0. The molecule has 2 aliphatic heterocycles. The van der Waals surface area contributed by atoms with E-state index in [-0.39, 0.29) is 25.0 Å². The Bertz CT molecular complexity index is 1920. The summed E-state index contributed by atoms with van der Waals surface area (Å²) in [6.45, 7) is 3.45. The summed E-state index contributed by atoms with van der Waals surface area (Å²) in [7, 11) is 1.64. The van der Waals surface area contributed by atoms with Crippen molar-refractivity contribution in [3.05, 3.63) is 99.6 Å². The zero-order valence-corrected chi connectivity index (χ0v) is 26.5. The van der Waals surface area contributed by atoms with Crippen molar-refractivity contribution in [2.75, 3.05) is 33.6 Å². The van der Waals surface area contributed by atoms with Gasteiger partial charge in [-0.25, -0.2) is 9.55 Å². The fourth-order valence-electron chi connectivity index (χ4n) is 6.01. The lowest BCUT2D eigenvalue weighted by atomic mass is 9.95. The molecule has 238 valence electrons. The van der Waals surface area contributed by atoms with Crippen LogP contribution < -0.4 is 35.9 Å². The number of imidazole rings is 1. The third kappa shape index (κ3) is 6.13. The number of hydrogen-bond donors (Lipinski definition) is 0. The molecule has 0 spiro atoms. The van der Waals surface area contributed by atoms with Crippen LogP contribution in [0.4, 0.5) is 5.82 Å². The van der Waals surface area contributed by atoms with Gasteiger partial charge in [-0.3, -0.25) is 4.90 Å². The zero-order valence-electron chi connectivity index (χ0n) is 25.0. The van der Waals surface area contributed by atoms with Crippen molar-refractivity contribution < 1.29 is 40.8 Å². The minimum Gasteiger partial charge on any atom is -1.00 e. The molecular weight excluding hydrogens is 633 g/mol. The second-order valence-corrected chi connectivity index (χ2v) is 11.4. The lowest BCUT2D eigenvalue weighted by Gasteiger charge is -2.23. The Morgan fingerprint density at radius 1 is 1.13 bits per heavy atom. The van der Waals surface area contributed by atoms with Gasteiger partial charge in [0, 0.05) is 37.1 Å². The third-order valence-corrected chi connectivity index (χ3v) is 8.71. The summed E-state index contributed by atoms with van der Waals surface area (Å²) in [6.07, 6.45) is 5.75.